The zero-order valence-electron chi connectivity index (χ0n) is 11.3. The number of amides is 1. The van der Waals surface area contributed by atoms with E-state index in [1.807, 2.05) is 0 Å². The summed E-state index contributed by atoms with van der Waals surface area (Å²) in [6.07, 6.45) is 0. The first kappa shape index (κ1) is 13.8. The first-order valence-electron chi connectivity index (χ1n) is 6.50. The van der Waals surface area contributed by atoms with Crippen molar-refractivity contribution in [3.05, 3.63) is 64.7 Å². The fourth-order valence-electron chi connectivity index (χ4n) is 2.28. The van der Waals surface area contributed by atoms with E-state index < -0.39 is 11.9 Å². The first-order valence-corrected chi connectivity index (χ1v) is 6.50. The van der Waals surface area contributed by atoms with Crippen LogP contribution < -0.4 is 5.32 Å². The fourth-order valence-corrected chi connectivity index (χ4v) is 2.28. The lowest BCUT2D eigenvalue weighted by Crippen LogP contribution is -2.16. The molecule has 2 N–H and O–H groups in total. The molecular formula is C16H11NO5. The number of carboxylic acid groups (broad SMARTS) is 1. The zero-order valence-corrected chi connectivity index (χ0v) is 11.3. The van der Waals surface area contributed by atoms with Gasteiger partial charge in [-0.1, -0.05) is 12.1 Å². The summed E-state index contributed by atoms with van der Waals surface area (Å²) in [4.78, 5) is 34.7. The van der Waals surface area contributed by atoms with Crippen LogP contribution in [-0.2, 0) is 11.3 Å². The summed E-state index contributed by atoms with van der Waals surface area (Å²) in [7, 11) is 0. The van der Waals surface area contributed by atoms with Crippen molar-refractivity contribution < 1.29 is 24.2 Å². The van der Waals surface area contributed by atoms with Crippen molar-refractivity contribution in [2.45, 2.75) is 6.61 Å². The number of ether oxygens (including phenoxy) is 1. The number of nitrogens with one attached hydrogen (secondary N) is 1. The minimum atomic E-state index is -1.17. The third-order valence-corrected chi connectivity index (χ3v) is 3.34. The van der Waals surface area contributed by atoms with Gasteiger partial charge < -0.3 is 15.2 Å². The van der Waals surface area contributed by atoms with Gasteiger partial charge in [-0.15, -0.1) is 0 Å². The number of hydrogen-bond acceptors (Lipinski definition) is 4. The van der Waals surface area contributed by atoms with Crippen LogP contribution in [0, 0.1) is 0 Å². The normalized spacial score (nSPS) is 12.5. The van der Waals surface area contributed by atoms with Crippen molar-refractivity contribution in [2.24, 2.45) is 0 Å². The summed E-state index contributed by atoms with van der Waals surface area (Å²) in [5.74, 6) is -2.08. The highest BCUT2D eigenvalue weighted by Gasteiger charge is 2.22. The van der Waals surface area contributed by atoms with Crippen LogP contribution in [0.4, 0.5) is 5.69 Å². The van der Waals surface area contributed by atoms with Crippen LogP contribution in [0.2, 0.25) is 0 Å². The molecule has 22 heavy (non-hydrogen) atoms. The van der Waals surface area contributed by atoms with Gasteiger partial charge in [-0.25, -0.2) is 9.59 Å². The van der Waals surface area contributed by atoms with E-state index in [0.717, 1.165) is 0 Å². The Bertz CT molecular complexity index is 797. The van der Waals surface area contributed by atoms with E-state index in [1.54, 1.807) is 30.3 Å². The van der Waals surface area contributed by atoms with Gasteiger partial charge in [0, 0.05) is 11.3 Å². The number of fused-ring (bicyclic) bond motifs is 1. The number of carboxylic acids is 1. The Morgan fingerprint density at radius 3 is 2.55 bits per heavy atom. The number of benzene rings is 2. The number of hydrogen-bond donors (Lipinski definition) is 2. The molecule has 0 spiro atoms. The average molecular weight is 297 g/mol. The Morgan fingerprint density at radius 1 is 1.09 bits per heavy atom. The van der Waals surface area contributed by atoms with Crippen molar-refractivity contribution in [1.29, 1.82) is 0 Å². The van der Waals surface area contributed by atoms with Crippen molar-refractivity contribution in [3.63, 3.8) is 0 Å². The van der Waals surface area contributed by atoms with Gasteiger partial charge in [-0.2, -0.15) is 0 Å². The molecule has 6 heteroatoms. The van der Waals surface area contributed by atoms with Crippen LogP contribution >= 0.6 is 0 Å². The van der Waals surface area contributed by atoms with Crippen molar-refractivity contribution in [1.82, 2.24) is 0 Å². The number of cyclic esters (lactones) is 1. The van der Waals surface area contributed by atoms with Gasteiger partial charge in [-0.05, 0) is 30.3 Å². The Labute approximate surface area is 125 Å². The van der Waals surface area contributed by atoms with Crippen LogP contribution in [0.5, 0.6) is 0 Å². The molecule has 0 bridgehead atoms. The molecule has 0 aromatic heterocycles. The molecule has 1 heterocycles. The molecule has 0 unspecified atom stereocenters. The second-order valence-electron chi connectivity index (χ2n) is 4.75. The van der Waals surface area contributed by atoms with Gasteiger partial charge >= 0.3 is 11.9 Å². The van der Waals surface area contributed by atoms with Gasteiger partial charge in [0.05, 0.1) is 16.7 Å². The lowest BCUT2D eigenvalue weighted by Gasteiger charge is -2.08. The number of carbonyl (C=O) groups is 3. The summed E-state index contributed by atoms with van der Waals surface area (Å²) in [5, 5.41) is 11.7. The smallest absolute Gasteiger partial charge is 0.338 e. The van der Waals surface area contributed by atoms with Crippen LogP contribution in [0.25, 0.3) is 0 Å². The average Bonchev–Trinajstić information content (AvgIpc) is 2.88. The first-order chi connectivity index (χ1) is 10.6. The van der Waals surface area contributed by atoms with Crippen LogP contribution in [0.3, 0.4) is 0 Å². The standard InChI is InChI=1S/C16H11NO5/c18-14(12-3-1-2-4-13(12)15(19)20)17-10-5-6-11-9(7-10)8-22-16(11)21/h1-7H,8H2,(H,17,18)(H,19,20). The maximum Gasteiger partial charge on any atom is 0.338 e. The largest absolute Gasteiger partial charge is 0.478 e. The molecule has 2 aromatic carbocycles. The van der Waals surface area contributed by atoms with Crippen molar-refractivity contribution >= 4 is 23.5 Å². The zero-order chi connectivity index (χ0) is 15.7. The molecule has 110 valence electrons. The monoisotopic (exact) mass is 297 g/mol. The van der Waals surface area contributed by atoms with Crippen molar-refractivity contribution in [3.8, 4) is 0 Å². The Kier molecular flexibility index (Phi) is 3.34. The van der Waals surface area contributed by atoms with Gasteiger partial charge in [0.2, 0.25) is 0 Å². The third kappa shape index (κ3) is 2.42. The van der Waals surface area contributed by atoms with E-state index in [9.17, 15) is 14.4 Å². The molecule has 1 aliphatic heterocycles. The molecule has 0 fully saturated rings. The minimum absolute atomic E-state index is 0.0697. The molecule has 0 radical (unpaired) electrons. The molecule has 6 nitrogen and oxygen atoms in total. The quantitative estimate of drug-likeness (QED) is 0.848. The molecule has 0 aliphatic carbocycles. The van der Waals surface area contributed by atoms with E-state index in [4.69, 9.17) is 9.84 Å². The summed E-state index contributed by atoms with van der Waals surface area (Å²) in [6.45, 7) is 0.170. The molecule has 0 saturated heterocycles. The Morgan fingerprint density at radius 2 is 1.82 bits per heavy atom. The number of anilines is 1. The van der Waals surface area contributed by atoms with Crippen LogP contribution in [0.1, 0.15) is 36.6 Å². The molecule has 1 amide bonds. The van der Waals surface area contributed by atoms with E-state index >= 15 is 0 Å². The molecular weight excluding hydrogens is 286 g/mol. The number of esters is 1. The van der Waals surface area contributed by atoms with Gasteiger partial charge in [-0.3, -0.25) is 4.79 Å². The van der Waals surface area contributed by atoms with E-state index in [1.165, 1.54) is 12.1 Å². The predicted molar refractivity (Wildman–Crippen MR) is 76.9 cm³/mol. The van der Waals surface area contributed by atoms with E-state index in [2.05, 4.69) is 5.32 Å². The number of aromatic carboxylic acids is 1. The third-order valence-electron chi connectivity index (χ3n) is 3.34. The number of rotatable bonds is 3. The summed E-state index contributed by atoms with van der Waals surface area (Å²) < 4.78 is 4.89. The molecule has 2 aromatic rings. The van der Waals surface area contributed by atoms with E-state index in [0.29, 0.717) is 16.8 Å². The van der Waals surface area contributed by atoms with Gasteiger partial charge in [0.15, 0.2) is 0 Å². The highest BCUT2D eigenvalue weighted by molar-refractivity contribution is 6.10. The molecule has 1 aliphatic rings. The number of carbonyl (C=O) groups excluding carboxylic acids is 2. The molecule has 0 atom stereocenters. The van der Waals surface area contributed by atoms with Crippen LogP contribution in [-0.4, -0.2) is 23.0 Å². The summed E-state index contributed by atoms with van der Waals surface area (Å²) >= 11 is 0. The molecule has 3 rings (SSSR count). The van der Waals surface area contributed by atoms with Crippen molar-refractivity contribution in [2.75, 3.05) is 5.32 Å². The topological polar surface area (TPSA) is 92.7 Å². The summed E-state index contributed by atoms with van der Waals surface area (Å²) in [5.41, 5.74) is 1.64. The SMILES string of the molecule is O=C1OCc2cc(NC(=O)c3ccccc3C(=O)O)ccc21. The lowest BCUT2D eigenvalue weighted by atomic mass is 10.1. The second kappa shape index (κ2) is 5.33. The summed E-state index contributed by atoms with van der Waals surface area (Å²) in [6, 6.07) is 10.7. The second-order valence-corrected chi connectivity index (χ2v) is 4.75. The van der Waals surface area contributed by atoms with E-state index in [-0.39, 0.29) is 23.7 Å². The maximum absolute atomic E-state index is 12.2. The Balaban J connectivity index is 1.87. The van der Waals surface area contributed by atoms with Gasteiger partial charge in [0.1, 0.15) is 6.61 Å². The van der Waals surface area contributed by atoms with Crippen LogP contribution in [0.15, 0.2) is 42.5 Å². The lowest BCUT2D eigenvalue weighted by molar-refractivity contribution is 0.0534. The Hall–Kier alpha value is -3.15. The highest BCUT2D eigenvalue weighted by atomic mass is 16.5. The fraction of sp³-hybridized carbons (Fsp3) is 0.0625. The molecule has 0 saturated carbocycles. The maximum atomic E-state index is 12.2. The predicted octanol–water partition coefficient (Wildman–Crippen LogP) is 2.31. The van der Waals surface area contributed by atoms with Gasteiger partial charge in [0.25, 0.3) is 5.91 Å². The minimum Gasteiger partial charge on any atom is -0.478 e. The highest BCUT2D eigenvalue weighted by Crippen LogP contribution is 2.24.